The Morgan fingerprint density at radius 2 is 1.84 bits per heavy atom. The van der Waals surface area contributed by atoms with Crippen LogP contribution in [0.5, 0.6) is 11.5 Å². The summed E-state index contributed by atoms with van der Waals surface area (Å²) in [5.74, 6) is 1.91. The van der Waals surface area contributed by atoms with Gasteiger partial charge < -0.3 is 14.8 Å². The van der Waals surface area contributed by atoms with Crippen molar-refractivity contribution >= 4 is 33.0 Å². The Morgan fingerprint density at radius 1 is 1.03 bits per heavy atom. The first-order valence-electron chi connectivity index (χ1n) is 9.95. The fraction of sp³-hybridized carbons (Fsp3) is 0.227. The summed E-state index contributed by atoms with van der Waals surface area (Å²) in [7, 11) is 3.09. The van der Waals surface area contributed by atoms with Crippen molar-refractivity contribution in [2.75, 3.05) is 12.1 Å². The molecule has 0 amide bonds. The lowest BCUT2D eigenvalue weighted by Crippen LogP contribution is -2.37. The number of halogens is 1. The van der Waals surface area contributed by atoms with E-state index in [2.05, 4.69) is 26.2 Å². The molecule has 3 heterocycles. The summed E-state index contributed by atoms with van der Waals surface area (Å²) in [4.78, 5) is 30.1. The minimum absolute atomic E-state index is 0.214. The molecule has 164 valence electrons. The zero-order chi connectivity index (χ0) is 22.4. The van der Waals surface area contributed by atoms with Gasteiger partial charge >= 0.3 is 5.69 Å². The number of imidazole rings is 1. The fourth-order valence-corrected chi connectivity index (χ4v) is 4.23. The Kier molecular flexibility index (Phi) is 5.01. The number of fused-ring (bicyclic) bond motifs is 2. The number of nitrogens with one attached hydrogen (secondary N) is 1. The Bertz CT molecular complexity index is 1470. The number of aromatic nitrogens is 4. The number of aryl methyl sites for hydroxylation is 1. The lowest BCUT2D eigenvalue weighted by atomic mass is 10.2. The monoisotopic (exact) mass is 497 g/mol. The van der Waals surface area contributed by atoms with E-state index in [-0.39, 0.29) is 12.4 Å². The highest BCUT2D eigenvalue weighted by molar-refractivity contribution is 9.10. The van der Waals surface area contributed by atoms with E-state index in [1.807, 2.05) is 47.0 Å². The van der Waals surface area contributed by atoms with E-state index in [1.165, 1.54) is 11.6 Å². The number of rotatable bonds is 5. The number of hydrogen-bond donors (Lipinski definition) is 1. The van der Waals surface area contributed by atoms with Gasteiger partial charge in [0.25, 0.3) is 5.56 Å². The standard InChI is InChI=1S/C22H20BrN5O4/c1-26-19-18(20(29)27(2)22(26)30)28(11-14-4-3-5-15(23)8-14)21(25-19)24-10-13-6-7-16-17(9-13)32-12-31-16/h3-9H,10-12H2,1-2H3,(H,24,25). The van der Waals surface area contributed by atoms with Crippen molar-refractivity contribution in [3.05, 3.63) is 78.9 Å². The average Bonchev–Trinajstić information content (AvgIpc) is 3.39. The van der Waals surface area contributed by atoms with Crippen molar-refractivity contribution in [2.24, 2.45) is 14.1 Å². The predicted molar refractivity (Wildman–Crippen MR) is 123 cm³/mol. The normalized spacial score (nSPS) is 12.5. The second kappa shape index (κ2) is 7.86. The summed E-state index contributed by atoms with van der Waals surface area (Å²) in [6, 6.07) is 13.6. The molecule has 4 aromatic rings. The van der Waals surface area contributed by atoms with Crippen molar-refractivity contribution < 1.29 is 9.47 Å². The maximum absolute atomic E-state index is 13.0. The summed E-state index contributed by atoms with van der Waals surface area (Å²) < 4.78 is 16.1. The van der Waals surface area contributed by atoms with Crippen LogP contribution in [-0.4, -0.2) is 25.5 Å². The molecular formula is C22H20BrN5O4. The molecule has 1 aliphatic rings. The zero-order valence-electron chi connectivity index (χ0n) is 17.5. The summed E-state index contributed by atoms with van der Waals surface area (Å²) in [5.41, 5.74) is 1.85. The van der Waals surface area contributed by atoms with Gasteiger partial charge in [-0.25, -0.2) is 4.79 Å². The topological polar surface area (TPSA) is 92.3 Å². The Balaban J connectivity index is 1.59. The SMILES string of the molecule is Cn1c(=O)c2c(nc(NCc3ccc4c(c3)OCO4)n2Cc2cccc(Br)c2)n(C)c1=O. The van der Waals surface area contributed by atoms with Gasteiger partial charge in [-0.15, -0.1) is 0 Å². The first kappa shape index (κ1) is 20.4. The van der Waals surface area contributed by atoms with E-state index in [9.17, 15) is 9.59 Å². The molecule has 0 radical (unpaired) electrons. The smallest absolute Gasteiger partial charge is 0.332 e. The van der Waals surface area contributed by atoms with E-state index >= 15 is 0 Å². The van der Waals surface area contributed by atoms with Crippen LogP contribution in [0.3, 0.4) is 0 Å². The van der Waals surface area contributed by atoms with Crippen LogP contribution in [0.25, 0.3) is 11.2 Å². The van der Waals surface area contributed by atoms with Crippen LogP contribution in [0.1, 0.15) is 11.1 Å². The summed E-state index contributed by atoms with van der Waals surface area (Å²) in [6.45, 7) is 1.07. The van der Waals surface area contributed by atoms with Gasteiger partial charge in [0.2, 0.25) is 12.7 Å². The molecule has 5 rings (SSSR count). The Morgan fingerprint density at radius 3 is 2.66 bits per heavy atom. The zero-order valence-corrected chi connectivity index (χ0v) is 19.0. The van der Waals surface area contributed by atoms with E-state index in [0.717, 1.165) is 20.2 Å². The second-order valence-corrected chi connectivity index (χ2v) is 8.49. The van der Waals surface area contributed by atoms with Crippen LogP contribution in [0.2, 0.25) is 0 Å². The van der Waals surface area contributed by atoms with Gasteiger partial charge in [0, 0.05) is 25.1 Å². The molecule has 0 fully saturated rings. The van der Waals surface area contributed by atoms with E-state index in [0.29, 0.717) is 41.7 Å². The number of nitrogens with zero attached hydrogens (tertiary/aromatic N) is 4. The predicted octanol–water partition coefficient (Wildman–Crippen LogP) is 2.59. The van der Waals surface area contributed by atoms with Gasteiger partial charge in [-0.05, 0) is 35.4 Å². The molecule has 0 spiro atoms. The number of anilines is 1. The van der Waals surface area contributed by atoms with Crippen molar-refractivity contribution in [1.82, 2.24) is 18.7 Å². The van der Waals surface area contributed by atoms with E-state index in [4.69, 9.17) is 9.47 Å². The van der Waals surface area contributed by atoms with Gasteiger partial charge in [-0.1, -0.05) is 34.1 Å². The van der Waals surface area contributed by atoms with Crippen LogP contribution in [0.15, 0.2) is 56.5 Å². The minimum atomic E-state index is -0.420. The van der Waals surface area contributed by atoms with Gasteiger partial charge in [0.15, 0.2) is 22.7 Å². The average molecular weight is 498 g/mol. The van der Waals surface area contributed by atoms with Crippen LogP contribution in [0.4, 0.5) is 5.95 Å². The van der Waals surface area contributed by atoms with E-state index < -0.39 is 5.69 Å². The second-order valence-electron chi connectivity index (χ2n) is 7.57. The fourth-order valence-electron chi connectivity index (χ4n) is 3.79. The van der Waals surface area contributed by atoms with Crippen molar-refractivity contribution in [3.8, 4) is 11.5 Å². The lowest BCUT2D eigenvalue weighted by Gasteiger charge is -2.12. The van der Waals surface area contributed by atoms with Gasteiger partial charge in [0.05, 0.1) is 6.54 Å². The maximum Gasteiger partial charge on any atom is 0.332 e. The molecule has 2 aromatic carbocycles. The van der Waals surface area contributed by atoms with Crippen molar-refractivity contribution in [3.63, 3.8) is 0 Å². The van der Waals surface area contributed by atoms with Crippen LogP contribution in [0, 0.1) is 0 Å². The highest BCUT2D eigenvalue weighted by atomic mass is 79.9. The quantitative estimate of drug-likeness (QED) is 0.455. The molecule has 9 nitrogen and oxygen atoms in total. The van der Waals surface area contributed by atoms with Crippen LogP contribution in [-0.2, 0) is 27.2 Å². The van der Waals surface area contributed by atoms with Gasteiger partial charge in [-0.3, -0.25) is 18.5 Å². The Labute approximate surface area is 191 Å². The van der Waals surface area contributed by atoms with Crippen LogP contribution >= 0.6 is 15.9 Å². The molecule has 1 aliphatic heterocycles. The largest absolute Gasteiger partial charge is 0.454 e. The first-order valence-corrected chi connectivity index (χ1v) is 10.7. The molecule has 0 aliphatic carbocycles. The molecule has 1 N–H and O–H groups in total. The molecule has 32 heavy (non-hydrogen) atoms. The third kappa shape index (κ3) is 3.46. The molecule has 0 unspecified atom stereocenters. The molecule has 0 atom stereocenters. The maximum atomic E-state index is 13.0. The van der Waals surface area contributed by atoms with Crippen LogP contribution < -0.4 is 26.0 Å². The first-order chi connectivity index (χ1) is 15.4. The molecular weight excluding hydrogens is 478 g/mol. The third-order valence-electron chi connectivity index (χ3n) is 5.47. The highest BCUT2D eigenvalue weighted by Gasteiger charge is 2.20. The molecule has 2 aromatic heterocycles. The van der Waals surface area contributed by atoms with Crippen molar-refractivity contribution in [2.45, 2.75) is 13.1 Å². The molecule has 0 bridgehead atoms. The Hall–Kier alpha value is -3.53. The minimum Gasteiger partial charge on any atom is -0.454 e. The number of hydrogen-bond acceptors (Lipinski definition) is 6. The number of benzene rings is 2. The number of ether oxygens (including phenoxy) is 2. The molecule has 10 heteroatoms. The highest BCUT2D eigenvalue weighted by Crippen LogP contribution is 2.32. The van der Waals surface area contributed by atoms with Gasteiger partial charge in [-0.2, -0.15) is 4.98 Å². The summed E-state index contributed by atoms with van der Waals surface area (Å²) in [5, 5.41) is 3.32. The van der Waals surface area contributed by atoms with Crippen molar-refractivity contribution in [1.29, 1.82) is 0 Å². The van der Waals surface area contributed by atoms with Gasteiger partial charge in [0.1, 0.15) is 0 Å². The summed E-state index contributed by atoms with van der Waals surface area (Å²) in [6.07, 6.45) is 0. The third-order valence-corrected chi connectivity index (χ3v) is 5.96. The lowest BCUT2D eigenvalue weighted by molar-refractivity contribution is 0.174. The molecule has 0 saturated carbocycles. The van der Waals surface area contributed by atoms with E-state index in [1.54, 1.807) is 7.05 Å². The summed E-state index contributed by atoms with van der Waals surface area (Å²) >= 11 is 3.49. The molecule has 0 saturated heterocycles.